The molecule has 1 aliphatic heterocycles. The highest BCUT2D eigenvalue weighted by molar-refractivity contribution is 6.32. The SMILES string of the molecule is O=C1NC(=O)N(Cc2ccccc2Cl)C(=O)/C1=C/c1ccc(-c2cccc([N+](=O)[O-])c2)o1. The number of amides is 4. The second-order valence-electron chi connectivity index (χ2n) is 6.81. The second kappa shape index (κ2) is 8.48. The molecule has 1 N–H and O–H groups in total. The van der Waals surface area contributed by atoms with E-state index in [2.05, 4.69) is 5.32 Å². The van der Waals surface area contributed by atoms with Gasteiger partial charge in [0.1, 0.15) is 17.1 Å². The minimum absolute atomic E-state index is 0.102. The summed E-state index contributed by atoms with van der Waals surface area (Å²) in [5.74, 6) is -1.18. The number of non-ortho nitro benzene ring substituents is 1. The lowest BCUT2D eigenvalue weighted by Crippen LogP contribution is -2.53. The summed E-state index contributed by atoms with van der Waals surface area (Å²) in [6, 6.07) is 14.8. The van der Waals surface area contributed by atoms with Crippen molar-refractivity contribution in [2.24, 2.45) is 0 Å². The average Bonchev–Trinajstić information content (AvgIpc) is 3.24. The third-order valence-corrected chi connectivity index (χ3v) is 5.10. The van der Waals surface area contributed by atoms with Crippen LogP contribution in [0.1, 0.15) is 11.3 Å². The summed E-state index contributed by atoms with van der Waals surface area (Å²) < 4.78 is 5.65. The van der Waals surface area contributed by atoms with Gasteiger partial charge >= 0.3 is 6.03 Å². The number of carbonyl (C=O) groups is 3. The lowest BCUT2D eigenvalue weighted by molar-refractivity contribution is -0.384. The van der Waals surface area contributed by atoms with Gasteiger partial charge in [0, 0.05) is 22.7 Å². The third kappa shape index (κ3) is 4.14. The first-order valence-electron chi connectivity index (χ1n) is 9.30. The van der Waals surface area contributed by atoms with Crippen LogP contribution in [0.15, 0.2) is 70.7 Å². The molecule has 0 unspecified atom stereocenters. The van der Waals surface area contributed by atoms with Gasteiger partial charge in [0.05, 0.1) is 11.5 Å². The minimum atomic E-state index is -0.858. The number of rotatable bonds is 5. The smallest absolute Gasteiger partial charge is 0.331 e. The highest BCUT2D eigenvalue weighted by Gasteiger charge is 2.36. The molecule has 10 heteroatoms. The highest BCUT2D eigenvalue weighted by Crippen LogP contribution is 2.27. The van der Waals surface area contributed by atoms with E-state index >= 15 is 0 Å². The third-order valence-electron chi connectivity index (χ3n) is 4.73. The number of nitro benzene ring substituents is 1. The molecule has 32 heavy (non-hydrogen) atoms. The Hall–Kier alpha value is -4.24. The second-order valence-corrected chi connectivity index (χ2v) is 7.22. The van der Waals surface area contributed by atoms with Crippen molar-refractivity contribution < 1.29 is 23.7 Å². The van der Waals surface area contributed by atoms with Crippen LogP contribution >= 0.6 is 11.6 Å². The summed E-state index contributed by atoms with van der Waals surface area (Å²) in [6.45, 7) is -0.119. The molecule has 0 atom stereocenters. The Kier molecular flexibility index (Phi) is 5.57. The normalized spacial score (nSPS) is 15.2. The van der Waals surface area contributed by atoms with Crippen LogP contribution in [-0.2, 0) is 16.1 Å². The molecule has 1 fully saturated rings. The number of imide groups is 2. The molecule has 2 aromatic carbocycles. The van der Waals surface area contributed by atoms with Crippen molar-refractivity contribution in [1.82, 2.24) is 10.2 Å². The van der Waals surface area contributed by atoms with Crippen molar-refractivity contribution in [3.05, 3.63) is 92.7 Å². The largest absolute Gasteiger partial charge is 0.457 e. The molecule has 1 saturated heterocycles. The molecule has 0 aliphatic carbocycles. The van der Waals surface area contributed by atoms with E-state index in [-0.39, 0.29) is 23.6 Å². The van der Waals surface area contributed by atoms with Gasteiger partial charge in [0.2, 0.25) is 0 Å². The summed E-state index contributed by atoms with van der Waals surface area (Å²) in [6.07, 6.45) is 1.21. The number of furan rings is 1. The van der Waals surface area contributed by atoms with Crippen LogP contribution in [-0.4, -0.2) is 27.7 Å². The average molecular weight is 452 g/mol. The number of barbiturate groups is 1. The quantitative estimate of drug-likeness (QED) is 0.269. The van der Waals surface area contributed by atoms with Crippen LogP contribution in [0, 0.1) is 10.1 Å². The zero-order valence-electron chi connectivity index (χ0n) is 16.3. The highest BCUT2D eigenvalue weighted by atomic mass is 35.5. The summed E-state index contributed by atoms with van der Waals surface area (Å²) in [4.78, 5) is 48.7. The van der Waals surface area contributed by atoms with Crippen molar-refractivity contribution in [2.45, 2.75) is 6.54 Å². The lowest BCUT2D eigenvalue weighted by atomic mass is 10.1. The molecule has 0 bridgehead atoms. The standard InChI is InChI=1S/C22H14ClN3O6/c23-18-7-2-1-4-14(18)12-25-21(28)17(20(27)24-22(25)29)11-16-8-9-19(32-16)13-5-3-6-15(10-13)26(30)31/h1-11H,12H2,(H,24,27,29)/b17-11+. The monoisotopic (exact) mass is 451 g/mol. The number of hydrogen-bond acceptors (Lipinski definition) is 6. The van der Waals surface area contributed by atoms with Gasteiger partial charge in [-0.2, -0.15) is 0 Å². The number of nitrogens with zero attached hydrogens (tertiary/aromatic N) is 2. The van der Waals surface area contributed by atoms with Crippen molar-refractivity contribution >= 4 is 41.2 Å². The molecule has 4 rings (SSSR count). The van der Waals surface area contributed by atoms with Gasteiger partial charge in [-0.15, -0.1) is 0 Å². The predicted molar refractivity (Wildman–Crippen MR) is 114 cm³/mol. The molecule has 160 valence electrons. The Morgan fingerprint density at radius 3 is 2.59 bits per heavy atom. The van der Waals surface area contributed by atoms with Gasteiger partial charge in [0.15, 0.2) is 0 Å². The van der Waals surface area contributed by atoms with Crippen LogP contribution in [0.3, 0.4) is 0 Å². The maximum absolute atomic E-state index is 12.9. The summed E-state index contributed by atoms with van der Waals surface area (Å²) in [5.41, 5.74) is 0.599. The number of carbonyl (C=O) groups excluding carboxylic acids is 3. The van der Waals surface area contributed by atoms with E-state index in [0.717, 1.165) is 4.90 Å². The van der Waals surface area contributed by atoms with E-state index in [1.54, 1.807) is 36.4 Å². The Labute approximate surface area is 186 Å². The van der Waals surface area contributed by atoms with Crippen LogP contribution < -0.4 is 5.32 Å². The Balaban J connectivity index is 1.62. The maximum Gasteiger partial charge on any atom is 0.331 e. The Bertz CT molecular complexity index is 1300. The summed E-state index contributed by atoms with van der Waals surface area (Å²) in [7, 11) is 0. The molecular weight excluding hydrogens is 438 g/mol. The molecule has 0 saturated carbocycles. The fourth-order valence-electron chi connectivity index (χ4n) is 3.14. The number of nitrogens with one attached hydrogen (secondary N) is 1. The zero-order chi connectivity index (χ0) is 22.8. The molecule has 4 amide bonds. The number of nitro groups is 1. The van der Waals surface area contributed by atoms with Gasteiger partial charge in [-0.3, -0.25) is 29.9 Å². The Morgan fingerprint density at radius 2 is 1.84 bits per heavy atom. The van der Waals surface area contributed by atoms with Gasteiger partial charge < -0.3 is 4.42 Å². The first kappa shape index (κ1) is 21.0. The fourth-order valence-corrected chi connectivity index (χ4v) is 3.33. The lowest BCUT2D eigenvalue weighted by Gasteiger charge is -2.26. The number of urea groups is 1. The summed E-state index contributed by atoms with van der Waals surface area (Å²) >= 11 is 6.12. The molecule has 1 aromatic heterocycles. The van der Waals surface area contributed by atoms with E-state index in [0.29, 0.717) is 21.9 Å². The first-order valence-corrected chi connectivity index (χ1v) is 9.68. The molecule has 0 radical (unpaired) electrons. The fraction of sp³-hybridized carbons (Fsp3) is 0.0455. The number of benzene rings is 2. The van der Waals surface area contributed by atoms with E-state index in [9.17, 15) is 24.5 Å². The van der Waals surface area contributed by atoms with E-state index in [4.69, 9.17) is 16.0 Å². The van der Waals surface area contributed by atoms with Crippen LogP contribution in [0.25, 0.3) is 17.4 Å². The molecule has 9 nitrogen and oxygen atoms in total. The van der Waals surface area contributed by atoms with Crippen LogP contribution in [0.2, 0.25) is 5.02 Å². The van der Waals surface area contributed by atoms with Crippen molar-refractivity contribution in [3.63, 3.8) is 0 Å². The minimum Gasteiger partial charge on any atom is -0.457 e. The predicted octanol–water partition coefficient (Wildman–Crippen LogP) is 4.17. The van der Waals surface area contributed by atoms with Gasteiger partial charge in [-0.05, 0) is 29.8 Å². The first-order chi connectivity index (χ1) is 15.3. The van der Waals surface area contributed by atoms with Crippen molar-refractivity contribution in [1.29, 1.82) is 0 Å². The number of halogens is 1. The number of hydrogen-bond donors (Lipinski definition) is 1. The van der Waals surface area contributed by atoms with Crippen LogP contribution in [0.4, 0.5) is 10.5 Å². The maximum atomic E-state index is 12.9. The molecule has 1 aliphatic rings. The zero-order valence-corrected chi connectivity index (χ0v) is 17.0. The van der Waals surface area contributed by atoms with E-state index < -0.39 is 22.8 Å². The van der Waals surface area contributed by atoms with E-state index in [1.807, 2.05) is 0 Å². The van der Waals surface area contributed by atoms with Crippen LogP contribution in [0.5, 0.6) is 0 Å². The summed E-state index contributed by atoms with van der Waals surface area (Å²) in [5, 5.41) is 13.5. The molecule has 0 spiro atoms. The van der Waals surface area contributed by atoms with Crippen molar-refractivity contribution in [3.8, 4) is 11.3 Å². The van der Waals surface area contributed by atoms with Gasteiger partial charge in [-0.1, -0.05) is 41.9 Å². The van der Waals surface area contributed by atoms with Gasteiger partial charge in [0.25, 0.3) is 17.5 Å². The van der Waals surface area contributed by atoms with E-state index in [1.165, 1.54) is 30.3 Å². The Morgan fingerprint density at radius 1 is 1.06 bits per heavy atom. The van der Waals surface area contributed by atoms with Crippen molar-refractivity contribution in [2.75, 3.05) is 0 Å². The topological polar surface area (TPSA) is 123 Å². The molecule has 3 aromatic rings. The van der Waals surface area contributed by atoms with Gasteiger partial charge in [-0.25, -0.2) is 4.79 Å². The molecular formula is C22H14ClN3O6. The molecule has 2 heterocycles.